The van der Waals surface area contributed by atoms with Crippen molar-refractivity contribution in [1.29, 1.82) is 0 Å². The van der Waals surface area contributed by atoms with Crippen molar-refractivity contribution in [3.05, 3.63) is 30.5 Å². The Labute approximate surface area is 109 Å². The molecule has 7 nitrogen and oxygen atoms in total. The summed E-state index contributed by atoms with van der Waals surface area (Å²) < 4.78 is 36.1. The molecule has 2 aromatic rings. The van der Waals surface area contributed by atoms with Gasteiger partial charge >= 0.3 is 0 Å². The Hall–Kier alpha value is -2.22. The first-order valence-corrected chi connectivity index (χ1v) is 6.98. The number of ether oxygens (including phenoxy) is 2. The van der Waals surface area contributed by atoms with Crippen LogP contribution in [0, 0.1) is 0 Å². The van der Waals surface area contributed by atoms with Crippen molar-refractivity contribution in [2.24, 2.45) is 0 Å². The number of hydrogen-bond donors (Lipinski definition) is 1. The molecule has 0 unspecified atom stereocenters. The van der Waals surface area contributed by atoms with Crippen molar-refractivity contribution < 1.29 is 17.9 Å². The molecular formula is C11H11N3O4S. The van der Waals surface area contributed by atoms with Crippen LogP contribution in [0.1, 0.15) is 0 Å². The van der Waals surface area contributed by atoms with E-state index in [4.69, 9.17) is 15.2 Å². The lowest BCUT2D eigenvalue weighted by Gasteiger charge is -2.18. The SMILES string of the molecule is Nc1ccn(S(=O)(=O)c2ccc3c(c2)OCCO3)n1. The monoisotopic (exact) mass is 281 g/mol. The van der Waals surface area contributed by atoms with E-state index in [0.29, 0.717) is 24.7 Å². The molecule has 1 aromatic heterocycles. The van der Waals surface area contributed by atoms with E-state index in [1.54, 1.807) is 6.07 Å². The molecule has 3 rings (SSSR count). The second kappa shape index (κ2) is 4.16. The van der Waals surface area contributed by atoms with Crippen LogP contribution in [0.5, 0.6) is 11.5 Å². The highest BCUT2D eigenvalue weighted by atomic mass is 32.2. The Bertz CT molecular complexity index is 723. The fourth-order valence-electron chi connectivity index (χ4n) is 1.75. The largest absolute Gasteiger partial charge is 0.486 e. The summed E-state index contributed by atoms with van der Waals surface area (Å²) in [6.07, 6.45) is 1.29. The molecule has 100 valence electrons. The molecule has 0 saturated heterocycles. The van der Waals surface area contributed by atoms with E-state index in [1.807, 2.05) is 0 Å². The Morgan fingerprint density at radius 1 is 1.16 bits per heavy atom. The number of nitrogens with two attached hydrogens (primary N) is 1. The molecule has 8 heteroatoms. The van der Waals surface area contributed by atoms with Gasteiger partial charge in [-0.05, 0) is 12.1 Å². The van der Waals surface area contributed by atoms with Gasteiger partial charge in [-0.25, -0.2) is 0 Å². The summed E-state index contributed by atoms with van der Waals surface area (Å²) in [4.78, 5) is 0.0693. The molecule has 2 N–H and O–H groups in total. The van der Waals surface area contributed by atoms with E-state index in [-0.39, 0.29) is 10.7 Å². The standard InChI is InChI=1S/C11H11N3O4S/c12-11-3-4-14(13-11)19(15,16)8-1-2-9-10(7-8)18-6-5-17-9/h1-4,7H,5-6H2,(H2,12,13). The summed E-state index contributed by atoms with van der Waals surface area (Å²) in [6.45, 7) is 0.847. The smallest absolute Gasteiger partial charge is 0.283 e. The van der Waals surface area contributed by atoms with E-state index in [1.165, 1.54) is 24.4 Å². The fraction of sp³-hybridized carbons (Fsp3) is 0.182. The molecule has 2 heterocycles. The van der Waals surface area contributed by atoms with Crippen molar-refractivity contribution >= 4 is 15.8 Å². The lowest BCUT2D eigenvalue weighted by atomic mass is 10.3. The maximum atomic E-state index is 12.3. The van der Waals surface area contributed by atoms with Crippen LogP contribution in [0.3, 0.4) is 0 Å². The predicted octanol–water partition coefficient (Wildman–Crippen LogP) is 0.474. The highest BCUT2D eigenvalue weighted by Crippen LogP contribution is 2.32. The molecular weight excluding hydrogens is 270 g/mol. The average molecular weight is 281 g/mol. The van der Waals surface area contributed by atoms with Crippen LogP contribution in [0.2, 0.25) is 0 Å². The molecule has 0 bridgehead atoms. The molecule has 0 spiro atoms. The number of fused-ring (bicyclic) bond motifs is 1. The number of nitrogen functional groups attached to an aromatic ring is 1. The molecule has 0 atom stereocenters. The highest BCUT2D eigenvalue weighted by molar-refractivity contribution is 7.89. The summed E-state index contributed by atoms with van der Waals surface area (Å²) in [5.74, 6) is 1.08. The van der Waals surface area contributed by atoms with Gasteiger partial charge in [0.05, 0.1) is 4.90 Å². The average Bonchev–Trinajstić information content (AvgIpc) is 2.85. The van der Waals surface area contributed by atoms with Crippen LogP contribution in [0.15, 0.2) is 35.4 Å². The van der Waals surface area contributed by atoms with Crippen molar-refractivity contribution in [2.45, 2.75) is 4.90 Å². The minimum atomic E-state index is -3.76. The van der Waals surface area contributed by atoms with Gasteiger partial charge in [-0.3, -0.25) is 0 Å². The van der Waals surface area contributed by atoms with Crippen molar-refractivity contribution in [1.82, 2.24) is 9.19 Å². The summed E-state index contributed by atoms with van der Waals surface area (Å²) in [6, 6.07) is 5.84. The van der Waals surface area contributed by atoms with Crippen molar-refractivity contribution in [2.75, 3.05) is 18.9 Å². The van der Waals surface area contributed by atoms with Gasteiger partial charge in [-0.1, -0.05) is 0 Å². The normalized spacial score (nSPS) is 14.3. The van der Waals surface area contributed by atoms with Crippen LogP contribution >= 0.6 is 0 Å². The van der Waals surface area contributed by atoms with Crippen LogP contribution in [-0.4, -0.2) is 30.8 Å². The Balaban J connectivity index is 2.06. The zero-order valence-corrected chi connectivity index (χ0v) is 10.6. The number of nitrogens with zero attached hydrogens (tertiary/aromatic N) is 2. The molecule has 0 amide bonds. The first kappa shape index (κ1) is 11.8. The summed E-state index contributed by atoms with van der Waals surface area (Å²) in [7, 11) is -3.76. The van der Waals surface area contributed by atoms with Gasteiger partial charge in [0.15, 0.2) is 11.5 Å². The first-order chi connectivity index (χ1) is 9.07. The fourth-order valence-corrected chi connectivity index (χ4v) is 2.88. The third kappa shape index (κ3) is 1.99. The zero-order chi connectivity index (χ0) is 13.5. The number of hydrogen-bond acceptors (Lipinski definition) is 6. The Morgan fingerprint density at radius 2 is 1.89 bits per heavy atom. The second-order valence-corrected chi connectivity index (χ2v) is 5.72. The van der Waals surface area contributed by atoms with E-state index < -0.39 is 10.0 Å². The minimum absolute atomic E-state index is 0.0693. The number of benzene rings is 1. The topological polar surface area (TPSA) is 96.4 Å². The third-order valence-corrected chi connectivity index (χ3v) is 4.19. The molecule has 19 heavy (non-hydrogen) atoms. The van der Waals surface area contributed by atoms with Crippen LogP contribution in [0.25, 0.3) is 0 Å². The van der Waals surface area contributed by atoms with Gasteiger partial charge < -0.3 is 15.2 Å². The highest BCUT2D eigenvalue weighted by Gasteiger charge is 2.21. The van der Waals surface area contributed by atoms with Crippen molar-refractivity contribution in [3.63, 3.8) is 0 Å². The van der Waals surface area contributed by atoms with Gasteiger partial charge in [-0.2, -0.15) is 12.5 Å². The van der Waals surface area contributed by atoms with Crippen LogP contribution in [0.4, 0.5) is 5.82 Å². The molecule has 1 aromatic carbocycles. The lowest BCUT2D eigenvalue weighted by Crippen LogP contribution is -2.17. The van der Waals surface area contributed by atoms with E-state index in [0.717, 1.165) is 4.09 Å². The van der Waals surface area contributed by atoms with Crippen LogP contribution < -0.4 is 15.2 Å². The molecule has 0 aliphatic carbocycles. The molecule has 0 fully saturated rings. The first-order valence-electron chi connectivity index (χ1n) is 5.54. The second-order valence-electron chi connectivity index (χ2n) is 3.92. The lowest BCUT2D eigenvalue weighted by molar-refractivity contribution is 0.171. The number of rotatable bonds is 2. The Morgan fingerprint density at radius 3 is 2.58 bits per heavy atom. The van der Waals surface area contributed by atoms with E-state index >= 15 is 0 Å². The minimum Gasteiger partial charge on any atom is -0.486 e. The summed E-state index contributed by atoms with van der Waals surface area (Å²) >= 11 is 0. The maximum Gasteiger partial charge on any atom is 0.283 e. The van der Waals surface area contributed by atoms with Gasteiger partial charge in [0, 0.05) is 18.3 Å². The molecule has 1 aliphatic heterocycles. The third-order valence-electron chi connectivity index (χ3n) is 2.64. The number of aromatic nitrogens is 2. The zero-order valence-electron chi connectivity index (χ0n) is 9.81. The Kier molecular flexibility index (Phi) is 2.59. The molecule has 0 saturated carbocycles. The molecule has 0 radical (unpaired) electrons. The van der Waals surface area contributed by atoms with E-state index in [9.17, 15) is 8.42 Å². The maximum absolute atomic E-state index is 12.3. The molecule has 1 aliphatic rings. The number of anilines is 1. The van der Waals surface area contributed by atoms with Gasteiger partial charge in [0.2, 0.25) is 0 Å². The van der Waals surface area contributed by atoms with Gasteiger partial charge in [-0.15, -0.1) is 5.10 Å². The summed E-state index contributed by atoms with van der Waals surface area (Å²) in [5.41, 5.74) is 5.42. The van der Waals surface area contributed by atoms with E-state index in [2.05, 4.69) is 5.10 Å². The van der Waals surface area contributed by atoms with Crippen LogP contribution in [-0.2, 0) is 10.0 Å². The van der Waals surface area contributed by atoms with Gasteiger partial charge in [0.25, 0.3) is 10.0 Å². The summed E-state index contributed by atoms with van der Waals surface area (Å²) in [5, 5.41) is 3.71. The quantitative estimate of drug-likeness (QED) is 0.859. The predicted molar refractivity (Wildman–Crippen MR) is 66.7 cm³/mol. The van der Waals surface area contributed by atoms with Gasteiger partial charge in [0.1, 0.15) is 19.0 Å². The van der Waals surface area contributed by atoms with Crippen molar-refractivity contribution in [3.8, 4) is 11.5 Å².